The Hall–Kier alpha value is -0.610. The van der Waals surface area contributed by atoms with Crippen LogP contribution in [0.4, 0.5) is 0 Å². The van der Waals surface area contributed by atoms with Gasteiger partial charge in [-0.3, -0.25) is 4.79 Å². The van der Waals surface area contributed by atoms with E-state index < -0.39 is 0 Å². The van der Waals surface area contributed by atoms with Crippen LogP contribution in [-0.2, 0) is 9.53 Å². The number of hydrogen-bond acceptors (Lipinski definition) is 3. The molecule has 2 aliphatic rings. The standard InChI is InChI=1S/C11H20N2O2/c1-13-7-10(2-3-11(13)14)12-6-9-4-5-15-8-9/h9-10,12H,2-8H2,1H3. The third kappa shape index (κ3) is 2.92. The lowest BCUT2D eigenvalue weighted by Gasteiger charge is -2.30. The Bertz CT molecular complexity index is 227. The van der Waals surface area contributed by atoms with E-state index in [4.69, 9.17) is 4.74 Å². The van der Waals surface area contributed by atoms with Crippen LogP contribution in [0.3, 0.4) is 0 Å². The first-order chi connectivity index (χ1) is 7.25. The second-order valence-electron chi connectivity index (χ2n) is 4.65. The van der Waals surface area contributed by atoms with Crippen molar-refractivity contribution in [1.82, 2.24) is 10.2 Å². The average Bonchev–Trinajstić information content (AvgIpc) is 2.73. The summed E-state index contributed by atoms with van der Waals surface area (Å²) in [6, 6.07) is 0.480. The second kappa shape index (κ2) is 4.94. The van der Waals surface area contributed by atoms with Crippen molar-refractivity contribution < 1.29 is 9.53 Å². The number of nitrogens with zero attached hydrogens (tertiary/aromatic N) is 1. The van der Waals surface area contributed by atoms with Gasteiger partial charge in [0, 0.05) is 39.2 Å². The van der Waals surface area contributed by atoms with Crippen LogP contribution in [0.15, 0.2) is 0 Å². The molecule has 0 saturated carbocycles. The van der Waals surface area contributed by atoms with Gasteiger partial charge in [0.25, 0.3) is 0 Å². The molecule has 1 amide bonds. The lowest BCUT2D eigenvalue weighted by atomic mass is 10.0. The molecule has 4 heteroatoms. The fourth-order valence-corrected chi connectivity index (χ4v) is 2.26. The van der Waals surface area contributed by atoms with Crippen molar-refractivity contribution in [3.8, 4) is 0 Å². The third-order valence-electron chi connectivity index (χ3n) is 3.35. The summed E-state index contributed by atoms with van der Waals surface area (Å²) in [5.41, 5.74) is 0. The van der Waals surface area contributed by atoms with Gasteiger partial charge in [0.05, 0.1) is 6.61 Å². The summed E-state index contributed by atoms with van der Waals surface area (Å²) in [5, 5.41) is 3.54. The molecule has 2 saturated heterocycles. The number of piperidine rings is 1. The average molecular weight is 212 g/mol. The maximum absolute atomic E-state index is 11.3. The molecule has 0 aromatic rings. The van der Waals surface area contributed by atoms with Crippen molar-refractivity contribution in [2.24, 2.45) is 5.92 Å². The van der Waals surface area contributed by atoms with Gasteiger partial charge < -0.3 is 15.0 Å². The normalized spacial score (nSPS) is 32.3. The van der Waals surface area contributed by atoms with Gasteiger partial charge in [0.1, 0.15) is 0 Å². The van der Waals surface area contributed by atoms with E-state index >= 15 is 0 Å². The highest BCUT2D eigenvalue weighted by molar-refractivity contribution is 5.76. The molecule has 0 spiro atoms. The summed E-state index contributed by atoms with van der Waals surface area (Å²) in [6.07, 6.45) is 2.85. The van der Waals surface area contributed by atoms with E-state index in [-0.39, 0.29) is 5.91 Å². The number of nitrogens with one attached hydrogen (secondary N) is 1. The smallest absolute Gasteiger partial charge is 0.222 e. The van der Waals surface area contributed by atoms with Gasteiger partial charge in [0.15, 0.2) is 0 Å². The van der Waals surface area contributed by atoms with Gasteiger partial charge in [-0.1, -0.05) is 0 Å². The van der Waals surface area contributed by atoms with Crippen molar-refractivity contribution in [3.63, 3.8) is 0 Å². The number of hydrogen-bond donors (Lipinski definition) is 1. The van der Waals surface area contributed by atoms with Crippen LogP contribution in [0.1, 0.15) is 19.3 Å². The molecule has 0 aliphatic carbocycles. The maximum Gasteiger partial charge on any atom is 0.222 e. The molecule has 1 N–H and O–H groups in total. The molecule has 2 atom stereocenters. The van der Waals surface area contributed by atoms with Gasteiger partial charge >= 0.3 is 0 Å². The number of ether oxygens (including phenoxy) is 1. The van der Waals surface area contributed by atoms with E-state index in [9.17, 15) is 4.79 Å². The summed E-state index contributed by atoms with van der Waals surface area (Å²) in [5.74, 6) is 0.949. The van der Waals surface area contributed by atoms with Crippen LogP contribution in [0.2, 0.25) is 0 Å². The van der Waals surface area contributed by atoms with Crippen molar-refractivity contribution >= 4 is 5.91 Å². The van der Waals surface area contributed by atoms with E-state index in [1.165, 1.54) is 6.42 Å². The van der Waals surface area contributed by atoms with Gasteiger partial charge in [-0.05, 0) is 18.8 Å². The van der Waals surface area contributed by atoms with E-state index in [1.807, 2.05) is 11.9 Å². The number of amides is 1. The predicted molar refractivity (Wildman–Crippen MR) is 57.6 cm³/mol. The molecule has 2 heterocycles. The van der Waals surface area contributed by atoms with E-state index in [0.717, 1.165) is 32.7 Å². The molecule has 15 heavy (non-hydrogen) atoms. The highest BCUT2D eigenvalue weighted by atomic mass is 16.5. The molecule has 0 bridgehead atoms. The predicted octanol–water partition coefficient (Wildman–Crippen LogP) is 0.233. The molecule has 2 unspecified atom stereocenters. The first-order valence-electron chi connectivity index (χ1n) is 5.81. The van der Waals surface area contributed by atoms with Gasteiger partial charge in [0.2, 0.25) is 5.91 Å². The Kier molecular flexibility index (Phi) is 3.59. The fraction of sp³-hybridized carbons (Fsp3) is 0.909. The van der Waals surface area contributed by atoms with Crippen molar-refractivity contribution in [2.45, 2.75) is 25.3 Å². The van der Waals surface area contributed by atoms with Crippen LogP contribution >= 0.6 is 0 Å². The second-order valence-corrected chi connectivity index (χ2v) is 4.65. The number of likely N-dealkylation sites (N-methyl/N-ethyl adjacent to an activating group) is 1. The molecule has 0 aromatic carbocycles. The van der Waals surface area contributed by atoms with Crippen molar-refractivity contribution in [2.75, 3.05) is 33.4 Å². The van der Waals surface area contributed by atoms with Crippen LogP contribution in [0.5, 0.6) is 0 Å². The van der Waals surface area contributed by atoms with Gasteiger partial charge in [-0.2, -0.15) is 0 Å². The molecule has 2 rings (SSSR count). The number of rotatable bonds is 3. The zero-order valence-corrected chi connectivity index (χ0v) is 9.37. The van der Waals surface area contributed by atoms with E-state index in [0.29, 0.717) is 18.4 Å². The van der Waals surface area contributed by atoms with E-state index in [2.05, 4.69) is 5.32 Å². The SMILES string of the molecule is CN1CC(NCC2CCOC2)CCC1=O. The van der Waals surface area contributed by atoms with Gasteiger partial charge in [-0.15, -0.1) is 0 Å². The molecule has 2 fully saturated rings. The first-order valence-corrected chi connectivity index (χ1v) is 5.81. The molecular weight excluding hydrogens is 192 g/mol. The summed E-state index contributed by atoms with van der Waals surface area (Å²) in [4.78, 5) is 13.1. The minimum absolute atomic E-state index is 0.275. The number of likely N-dealkylation sites (tertiary alicyclic amines) is 1. The molecule has 4 nitrogen and oxygen atoms in total. The zero-order chi connectivity index (χ0) is 10.7. The third-order valence-corrected chi connectivity index (χ3v) is 3.35. The molecule has 0 radical (unpaired) electrons. The Morgan fingerprint density at radius 2 is 2.40 bits per heavy atom. The Morgan fingerprint density at radius 1 is 1.53 bits per heavy atom. The van der Waals surface area contributed by atoms with Gasteiger partial charge in [-0.25, -0.2) is 0 Å². The molecule has 86 valence electrons. The summed E-state index contributed by atoms with van der Waals surface area (Å²) in [7, 11) is 1.88. The Balaban J connectivity index is 1.68. The molecule has 2 aliphatic heterocycles. The number of carbonyl (C=O) groups excluding carboxylic acids is 1. The lowest BCUT2D eigenvalue weighted by Crippen LogP contribution is -2.47. The monoisotopic (exact) mass is 212 g/mol. The maximum atomic E-state index is 11.3. The Labute approximate surface area is 91.0 Å². The largest absolute Gasteiger partial charge is 0.381 e. The van der Waals surface area contributed by atoms with Crippen LogP contribution in [0, 0.1) is 5.92 Å². The molecule has 0 aromatic heterocycles. The topological polar surface area (TPSA) is 41.6 Å². The fourth-order valence-electron chi connectivity index (χ4n) is 2.26. The first kappa shape index (κ1) is 10.9. The molecular formula is C11H20N2O2. The van der Waals surface area contributed by atoms with Crippen LogP contribution < -0.4 is 5.32 Å². The lowest BCUT2D eigenvalue weighted by molar-refractivity contribution is -0.132. The highest BCUT2D eigenvalue weighted by Gasteiger charge is 2.23. The summed E-state index contributed by atoms with van der Waals surface area (Å²) >= 11 is 0. The van der Waals surface area contributed by atoms with Crippen LogP contribution in [-0.4, -0.2) is 50.2 Å². The number of carbonyl (C=O) groups is 1. The van der Waals surface area contributed by atoms with E-state index in [1.54, 1.807) is 0 Å². The van der Waals surface area contributed by atoms with Crippen LogP contribution in [0.25, 0.3) is 0 Å². The quantitative estimate of drug-likeness (QED) is 0.728. The van der Waals surface area contributed by atoms with Crippen molar-refractivity contribution in [1.29, 1.82) is 0 Å². The Morgan fingerprint density at radius 3 is 3.07 bits per heavy atom. The summed E-state index contributed by atoms with van der Waals surface area (Å²) in [6.45, 7) is 3.70. The summed E-state index contributed by atoms with van der Waals surface area (Å²) < 4.78 is 5.33. The zero-order valence-electron chi connectivity index (χ0n) is 9.37. The minimum atomic E-state index is 0.275. The highest BCUT2D eigenvalue weighted by Crippen LogP contribution is 2.13. The minimum Gasteiger partial charge on any atom is -0.381 e. The van der Waals surface area contributed by atoms with Crippen molar-refractivity contribution in [3.05, 3.63) is 0 Å².